The molecular weight excluding hydrogens is 901 g/mol. The van der Waals surface area contributed by atoms with E-state index in [2.05, 4.69) is 144 Å². The SMILES string of the molecule is CC(C)(C)c1ccc(-c2[c-]cccc2)nc1.CC(C)(C)c1ccc2c(c1)c1cc(C(C)(C)C)ccc1n2-c1c(C#N)ccc2c1oc1c(-c3ccccn3)[c-]ccc12.[Ir]. The van der Waals surface area contributed by atoms with Crippen LogP contribution in [0.25, 0.3) is 71.9 Å². The van der Waals surface area contributed by atoms with Crippen molar-refractivity contribution in [1.29, 1.82) is 5.26 Å². The van der Waals surface area contributed by atoms with Gasteiger partial charge in [0.1, 0.15) is 17.3 Å². The fraction of sp³-hybridized carbons (Fsp3) is 0.226. The van der Waals surface area contributed by atoms with Gasteiger partial charge >= 0.3 is 0 Å². The van der Waals surface area contributed by atoms with Crippen molar-refractivity contribution in [3.05, 3.63) is 162 Å². The summed E-state index contributed by atoms with van der Waals surface area (Å²) >= 11 is 0. The maximum Gasteiger partial charge on any atom is 0.146 e. The Morgan fingerprint density at radius 3 is 1.75 bits per heavy atom. The fourth-order valence-electron chi connectivity index (χ4n) is 7.55. The van der Waals surface area contributed by atoms with Crippen LogP contribution in [0.3, 0.4) is 0 Å². The molecule has 59 heavy (non-hydrogen) atoms. The van der Waals surface area contributed by atoms with Gasteiger partial charge in [-0.2, -0.15) is 5.26 Å². The summed E-state index contributed by atoms with van der Waals surface area (Å²) in [7, 11) is 0. The van der Waals surface area contributed by atoms with Crippen LogP contribution in [0.1, 0.15) is 84.6 Å². The van der Waals surface area contributed by atoms with Crippen LogP contribution in [-0.4, -0.2) is 14.5 Å². The fourth-order valence-corrected chi connectivity index (χ4v) is 7.55. The van der Waals surface area contributed by atoms with Gasteiger partial charge in [0.15, 0.2) is 0 Å². The largest absolute Gasteiger partial charge is 0.498 e. The van der Waals surface area contributed by atoms with E-state index in [9.17, 15) is 5.26 Å². The van der Waals surface area contributed by atoms with E-state index in [4.69, 9.17) is 4.42 Å². The number of hydrogen-bond donors (Lipinski definition) is 0. The van der Waals surface area contributed by atoms with Crippen molar-refractivity contribution < 1.29 is 24.5 Å². The molecule has 0 amide bonds. The predicted octanol–water partition coefficient (Wildman–Crippen LogP) is 13.9. The summed E-state index contributed by atoms with van der Waals surface area (Å²) in [4.78, 5) is 9.05. The number of furan rings is 1. The molecule has 0 saturated heterocycles. The summed E-state index contributed by atoms with van der Waals surface area (Å²) in [6.45, 7) is 20.0. The van der Waals surface area contributed by atoms with E-state index in [0.717, 1.165) is 50.0 Å². The standard InChI is InChI=1S/C38H32N3O.C15H16N.Ir/c1-37(2,3)24-14-17-32-29(20-24)30-21-25(38(4,5)6)15-18-33(30)41(32)34-23(22-39)13-16-27-26-10-9-11-28(35(26)42-36(27)34)31-12-7-8-19-40-31;1-15(2,3)13-9-10-14(16-11-13)12-7-5-4-6-8-12;/h7-10,12-21H,1-6H3;4-7,9-11H,1-3H3;/q2*-1;. The Hall–Kier alpha value is -5.86. The third-order valence-electron chi connectivity index (χ3n) is 11.0. The van der Waals surface area contributed by atoms with Crippen LogP contribution in [0.2, 0.25) is 0 Å². The predicted molar refractivity (Wildman–Crippen MR) is 239 cm³/mol. The van der Waals surface area contributed by atoms with Gasteiger partial charge in [-0.15, -0.1) is 54.1 Å². The molecule has 1 radical (unpaired) electrons. The topological polar surface area (TPSA) is 67.6 Å². The molecule has 0 aliphatic carbocycles. The number of fused-ring (bicyclic) bond motifs is 6. The second-order valence-corrected chi connectivity index (χ2v) is 18.1. The number of aromatic nitrogens is 3. The first-order chi connectivity index (χ1) is 27.6. The van der Waals surface area contributed by atoms with E-state index in [-0.39, 0.29) is 36.4 Å². The Balaban J connectivity index is 0.000000262. The monoisotopic (exact) mass is 949 g/mol. The molecule has 4 heterocycles. The third kappa shape index (κ3) is 7.86. The summed E-state index contributed by atoms with van der Waals surface area (Å²) in [5, 5.41) is 14.7. The van der Waals surface area contributed by atoms with Crippen LogP contribution in [0, 0.1) is 23.5 Å². The van der Waals surface area contributed by atoms with Gasteiger partial charge in [-0.3, -0.25) is 0 Å². The zero-order valence-corrected chi connectivity index (χ0v) is 37.5. The number of rotatable bonds is 3. The van der Waals surface area contributed by atoms with E-state index < -0.39 is 0 Å². The first-order valence-electron chi connectivity index (χ1n) is 19.9. The van der Waals surface area contributed by atoms with Crippen molar-refractivity contribution >= 4 is 43.7 Å². The van der Waals surface area contributed by atoms with Gasteiger partial charge in [0.05, 0.1) is 22.2 Å². The molecule has 0 aliphatic heterocycles. The summed E-state index contributed by atoms with van der Waals surface area (Å²) in [5.74, 6) is 0. The van der Waals surface area contributed by atoms with Crippen LogP contribution in [0.5, 0.6) is 0 Å². The normalized spacial score (nSPS) is 12.0. The second-order valence-electron chi connectivity index (χ2n) is 18.1. The molecule has 0 bridgehead atoms. The van der Waals surface area contributed by atoms with E-state index in [1.807, 2.05) is 72.9 Å². The minimum absolute atomic E-state index is 0. The maximum atomic E-state index is 10.4. The van der Waals surface area contributed by atoms with Crippen molar-refractivity contribution in [2.75, 3.05) is 0 Å². The summed E-state index contributed by atoms with van der Waals surface area (Å²) in [5.41, 5.74) is 12.4. The number of nitrogens with zero attached hydrogens (tertiary/aromatic N) is 4. The van der Waals surface area contributed by atoms with E-state index in [1.165, 1.54) is 27.5 Å². The molecule has 0 saturated carbocycles. The van der Waals surface area contributed by atoms with E-state index >= 15 is 0 Å². The first kappa shape index (κ1) is 41.3. The number of benzene rings is 5. The van der Waals surface area contributed by atoms with Crippen molar-refractivity contribution in [1.82, 2.24) is 14.5 Å². The minimum atomic E-state index is -0.000804. The van der Waals surface area contributed by atoms with Gasteiger partial charge in [-0.1, -0.05) is 116 Å². The molecule has 0 N–H and O–H groups in total. The van der Waals surface area contributed by atoms with Crippen LogP contribution in [0.4, 0.5) is 0 Å². The summed E-state index contributed by atoms with van der Waals surface area (Å²) < 4.78 is 8.97. The van der Waals surface area contributed by atoms with Gasteiger partial charge in [-0.05, 0) is 80.7 Å². The van der Waals surface area contributed by atoms with Crippen molar-refractivity contribution in [2.45, 2.75) is 78.6 Å². The maximum absolute atomic E-state index is 10.4. The molecule has 0 fully saturated rings. The molecule has 0 aliphatic rings. The molecule has 0 unspecified atom stereocenters. The number of pyridine rings is 2. The van der Waals surface area contributed by atoms with E-state index in [1.54, 1.807) is 6.20 Å². The Morgan fingerprint density at radius 1 is 0.576 bits per heavy atom. The smallest absolute Gasteiger partial charge is 0.146 e. The summed E-state index contributed by atoms with van der Waals surface area (Å²) in [6.07, 6.45) is 3.73. The average Bonchev–Trinajstić information content (AvgIpc) is 3.76. The minimum Gasteiger partial charge on any atom is -0.498 e. The van der Waals surface area contributed by atoms with Gasteiger partial charge in [0, 0.05) is 48.7 Å². The van der Waals surface area contributed by atoms with Crippen LogP contribution >= 0.6 is 0 Å². The molecule has 6 heteroatoms. The molecule has 5 aromatic carbocycles. The zero-order valence-electron chi connectivity index (χ0n) is 35.2. The van der Waals surface area contributed by atoms with Crippen LogP contribution in [0.15, 0.2) is 132 Å². The molecule has 0 spiro atoms. The molecular formula is C53H48IrN4O-2. The van der Waals surface area contributed by atoms with Gasteiger partial charge in [0.25, 0.3) is 0 Å². The Morgan fingerprint density at radius 2 is 1.20 bits per heavy atom. The molecule has 297 valence electrons. The van der Waals surface area contributed by atoms with Gasteiger partial charge < -0.3 is 19.0 Å². The zero-order chi connectivity index (χ0) is 41.0. The average molecular weight is 949 g/mol. The summed E-state index contributed by atoms with van der Waals surface area (Å²) in [6, 6.07) is 48.2. The van der Waals surface area contributed by atoms with Crippen LogP contribution < -0.4 is 0 Å². The van der Waals surface area contributed by atoms with Gasteiger partial charge in [0.2, 0.25) is 0 Å². The van der Waals surface area contributed by atoms with E-state index in [0.29, 0.717) is 16.7 Å². The molecule has 9 rings (SSSR count). The Labute approximate surface area is 361 Å². The number of hydrogen-bond acceptors (Lipinski definition) is 4. The molecule has 4 aromatic heterocycles. The first-order valence-corrected chi connectivity index (χ1v) is 19.9. The van der Waals surface area contributed by atoms with Crippen molar-refractivity contribution in [2.24, 2.45) is 0 Å². The third-order valence-corrected chi connectivity index (χ3v) is 11.0. The quantitative estimate of drug-likeness (QED) is 0.166. The Kier molecular flexibility index (Phi) is 11.0. The second kappa shape index (κ2) is 15.7. The number of nitriles is 1. The molecule has 9 aromatic rings. The van der Waals surface area contributed by atoms with Crippen molar-refractivity contribution in [3.63, 3.8) is 0 Å². The van der Waals surface area contributed by atoms with Crippen molar-refractivity contribution in [3.8, 4) is 34.3 Å². The van der Waals surface area contributed by atoms with Gasteiger partial charge in [-0.25, -0.2) is 0 Å². The molecule has 5 nitrogen and oxygen atoms in total. The molecule has 0 atom stereocenters. The Bertz CT molecular complexity index is 2920. The van der Waals surface area contributed by atoms with Crippen LogP contribution in [-0.2, 0) is 36.4 Å².